The van der Waals surface area contributed by atoms with Crippen molar-refractivity contribution in [2.45, 2.75) is 33.2 Å². The standard InChI is InChI=1S/C15H23ClN2O4S/c1-10(2)18(23(5,20)21)7-6-15(19)17-13-8-11(3)12(16)9-14(13)22-4/h8-10H,6-7H2,1-5H3,(H,17,19). The second-order valence-electron chi connectivity index (χ2n) is 5.57. The van der Waals surface area contributed by atoms with Crippen LogP contribution in [0, 0.1) is 6.92 Å². The Bertz CT molecular complexity index is 674. The molecule has 0 bridgehead atoms. The minimum absolute atomic E-state index is 0.0517. The Kier molecular flexibility index (Phi) is 6.85. The van der Waals surface area contributed by atoms with Crippen molar-refractivity contribution in [3.8, 4) is 5.75 Å². The monoisotopic (exact) mass is 362 g/mol. The molecule has 0 fully saturated rings. The second kappa shape index (κ2) is 7.99. The van der Waals surface area contributed by atoms with Crippen molar-refractivity contribution < 1.29 is 17.9 Å². The third kappa shape index (κ3) is 5.67. The maximum atomic E-state index is 12.1. The van der Waals surface area contributed by atoms with Gasteiger partial charge in [0.1, 0.15) is 5.75 Å². The minimum Gasteiger partial charge on any atom is -0.495 e. The van der Waals surface area contributed by atoms with Crippen molar-refractivity contribution in [2.24, 2.45) is 0 Å². The summed E-state index contributed by atoms with van der Waals surface area (Å²) in [5.74, 6) is 0.164. The molecule has 0 aliphatic rings. The number of nitrogens with one attached hydrogen (secondary N) is 1. The summed E-state index contributed by atoms with van der Waals surface area (Å²) in [5.41, 5.74) is 1.32. The summed E-state index contributed by atoms with van der Waals surface area (Å²) in [7, 11) is -1.86. The molecule has 1 N–H and O–H groups in total. The van der Waals surface area contributed by atoms with E-state index in [2.05, 4.69) is 5.32 Å². The average Bonchev–Trinajstić information content (AvgIpc) is 2.40. The number of sulfonamides is 1. The number of aryl methyl sites for hydroxylation is 1. The number of rotatable bonds is 7. The van der Waals surface area contributed by atoms with Crippen LogP contribution in [0.5, 0.6) is 5.75 Å². The molecule has 0 spiro atoms. The zero-order valence-corrected chi connectivity index (χ0v) is 15.6. The molecule has 6 nitrogen and oxygen atoms in total. The Morgan fingerprint density at radius 3 is 2.48 bits per heavy atom. The van der Waals surface area contributed by atoms with Gasteiger partial charge >= 0.3 is 0 Å². The molecule has 0 saturated heterocycles. The maximum Gasteiger partial charge on any atom is 0.225 e. The van der Waals surface area contributed by atoms with E-state index in [1.807, 2.05) is 6.92 Å². The third-order valence-electron chi connectivity index (χ3n) is 3.32. The van der Waals surface area contributed by atoms with Gasteiger partial charge in [-0.05, 0) is 32.4 Å². The third-order valence-corrected chi connectivity index (χ3v) is 5.18. The molecule has 1 aromatic carbocycles. The van der Waals surface area contributed by atoms with Crippen LogP contribution < -0.4 is 10.1 Å². The number of methoxy groups -OCH3 is 1. The number of amides is 1. The van der Waals surface area contributed by atoms with Gasteiger partial charge in [-0.25, -0.2) is 8.42 Å². The van der Waals surface area contributed by atoms with Gasteiger partial charge in [-0.1, -0.05) is 11.6 Å². The first-order chi connectivity index (χ1) is 10.6. The van der Waals surface area contributed by atoms with E-state index in [9.17, 15) is 13.2 Å². The van der Waals surface area contributed by atoms with E-state index in [0.29, 0.717) is 16.5 Å². The highest BCUT2D eigenvalue weighted by Gasteiger charge is 2.21. The molecule has 23 heavy (non-hydrogen) atoms. The molecule has 0 aliphatic carbocycles. The van der Waals surface area contributed by atoms with Crippen LogP contribution in [0.25, 0.3) is 0 Å². The highest BCUT2D eigenvalue weighted by Crippen LogP contribution is 2.31. The fourth-order valence-corrected chi connectivity index (χ4v) is 3.50. The molecule has 8 heteroatoms. The van der Waals surface area contributed by atoms with E-state index in [4.69, 9.17) is 16.3 Å². The lowest BCUT2D eigenvalue weighted by Gasteiger charge is -2.23. The number of nitrogens with zero attached hydrogens (tertiary/aromatic N) is 1. The van der Waals surface area contributed by atoms with Crippen LogP contribution in [0.15, 0.2) is 12.1 Å². The van der Waals surface area contributed by atoms with Crippen LogP contribution >= 0.6 is 11.6 Å². The van der Waals surface area contributed by atoms with Gasteiger partial charge in [0.15, 0.2) is 0 Å². The smallest absolute Gasteiger partial charge is 0.225 e. The van der Waals surface area contributed by atoms with Crippen LogP contribution in [-0.4, -0.2) is 44.6 Å². The van der Waals surface area contributed by atoms with Crippen molar-refractivity contribution >= 4 is 33.2 Å². The Morgan fingerprint density at radius 1 is 1.39 bits per heavy atom. The number of anilines is 1. The molecule has 1 amide bonds. The normalized spacial score (nSPS) is 11.8. The largest absolute Gasteiger partial charge is 0.495 e. The number of hydrogen-bond donors (Lipinski definition) is 1. The Balaban J connectivity index is 2.80. The van der Waals surface area contributed by atoms with Gasteiger partial charge in [0.05, 0.1) is 19.1 Å². The second-order valence-corrected chi connectivity index (χ2v) is 7.91. The summed E-state index contributed by atoms with van der Waals surface area (Å²) in [4.78, 5) is 12.1. The summed E-state index contributed by atoms with van der Waals surface area (Å²) >= 11 is 6.02. The quantitative estimate of drug-likeness (QED) is 0.809. The molecule has 0 radical (unpaired) electrons. The van der Waals surface area contributed by atoms with Gasteiger partial charge in [-0.15, -0.1) is 0 Å². The van der Waals surface area contributed by atoms with E-state index in [-0.39, 0.29) is 24.9 Å². The molecule has 0 saturated carbocycles. The average molecular weight is 363 g/mol. The van der Waals surface area contributed by atoms with Crippen molar-refractivity contribution in [3.05, 3.63) is 22.7 Å². The number of carbonyl (C=O) groups excluding carboxylic acids is 1. The lowest BCUT2D eigenvalue weighted by atomic mass is 10.2. The van der Waals surface area contributed by atoms with Crippen molar-refractivity contribution in [1.82, 2.24) is 4.31 Å². The summed E-state index contributed by atoms with van der Waals surface area (Å²) in [6.07, 6.45) is 1.19. The Morgan fingerprint density at radius 2 is 2.00 bits per heavy atom. The zero-order valence-electron chi connectivity index (χ0n) is 14.0. The topological polar surface area (TPSA) is 75.7 Å². The van der Waals surface area contributed by atoms with Gasteiger partial charge in [0.25, 0.3) is 0 Å². The van der Waals surface area contributed by atoms with E-state index in [1.165, 1.54) is 11.4 Å². The molecule has 1 rings (SSSR count). The fraction of sp³-hybridized carbons (Fsp3) is 0.533. The van der Waals surface area contributed by atoms with Crippen LogP contribution in [0.3, 0.4) is 0 Å². The lowest BCUT2D eigenvalue weighted by Crippen LogP contribution is -2.38. The van der Waals surface area contributed by atoms with E-state index >= 15 is 0 Å². The molecule has 1 aromatic rings. The molecular weight excluding hydrogens is 340 g/mol. The highest BCUT2D eigenvalue weighted by atomic mass is 35.5. The zero-order chi connectivity index (χ0) is 17.8. The highest BCUT2D eigenvalue weighted by molar-refractivity contribution is 7.88. The number of halogens is 1. The molecular formula is C15H23ClN2O4S. The van der Waals surface area contributed by atoms with Gasteiger partial charge in [-0.2, -0.15) is 4.31 Å². The Labute approximate surface area is 142 Å². The van der Waals surface area contributed by atoms with Crippen LogP contribution in [0.2, 0.25) is 5.02 Å². The van der Waals surface area contributed by atoms with Crippen molar-refractivity contribution in [2.75, 3.05) is 25.2 Å². The fourth-order valence-electron chi connectivity index (χ4n) is 2.16. The molecule has 0 aromatic heterocycles. The van der Waals surface area contributed by atoms with Gasteiger partial charge in [0.2, 0.25) is 15.9 Å². The first-order valence-corrected chi connectivity index (χ1v) is 9.39. The minimum atomic E-state index is -3.35. The van der Waals surface area contributed by atoms with E-state index < -0.39 is 10.0 Å². The number of benzene rings is 1. The van der Waals surface area contributed by atoms with Crippen LogP contribution in [0.4, 0.5) is 5.69 Å². The molecule has 0 unspecified atom stereocenters. The van der Waals surface area contributed by atoms with Crippen molar-refractivity contribution in [1.29, 1.82) is 0 Å². The predicted octanol–water partition coefficient (Wildman–Crippen LogP) is 2.66. The predicted molar refractivity (Wildman–Crippen MR) is 92.7 cm³/mol. The molecule has 130 valence electrons. The van der Waals surface area contributed by atoms with Gasteiger partial charge in [0, 0.05) is 30.1 Å². The summed E-state index contributed by atoms with van der Waals surface area (Å²) in [5, 5.41) is 3.28. The summed E-state index contributed by atoms with van der Waals surface area (Å²) < 4.78 is 29.9. The van der Waals surface area contributed by atoms with Crippen molar-refractivity contribution in [3.63, 3.8) is 0 Å². The molecule has 0 heterocycles. The number of carbonyl (C=O) groups is 1. The van der Waals surface area contributed by atoms with Gasteiger partial charge < -0.3 is 10.1 Å². The SMILES string of the molecule is COc1cc(Cl)c(C)cc1NC(=O)CCN(C(C)C)S(C)(=O)=O. The maximum absolute atomic E-state index is 12.1. The van der Waals surface area contributed by atoms with Crippen LogP contribution in [-0.2, 0) is 14.8 Å². The first kappa shape index (κ1) is 19.7. The summed E-state index contributed by atoms with van der Waals surface area (Å²) in [6, 6.07) is 3.14. The van der Waals surface area contributed by atoms with E-state index in [1.54, 1.807) is 26.0 Å². The lowest BCUT2D eigenvalue weighted by molar-refractivity contribution is -0.116. The molecule has 0 aliphatic heterocycles. The Hall–Kier alpha value is -1.31. The molecule has 0 atom stereocenters. The summed E-state index contributed by atoms with van der Waals surface area (Å²) in [6.45, 7) is 5.48. The van der Waals surface area contributed by atoms with Crippen LogP contribution in [0.1, 0.15) is 25.8 Å². The number of hydrogen-bond acceptors (Lipinski definition) is 4. The van der Waals surface area contributed by atoms with E-state index in [0.717, 1.165) is 11.8 Å². The number of ether oxygens (including phenoxy) is 1. The van der Waals surface area contributed by atoms with Gasteiger partial charge in [-0.3, -0.25) is 4.79 Å². The first-order valence-electron chi connectivity index (χ1n) is 7.17.